The summed E-state index contributed by atoms with van der Waals surface area (Å²) in [5, 5.41) is 0. The van der Waals surface area contributed by atoms with E-state index in [2.05, 4.69) is 26.5 Å². The molecule has 1 fully saturated rings. The summed E-state index contributed by atoms with van der Waals surface area (Å²) in [6.07, 6.45) is 10.0. The first-order valence-electron chi connectivity index (χ1n) is 7.47. The van der Waals surface area contributed by atoms with E-state index in [1.807, 2.05) is 6.08 Å². The number of allylic oxidation sites excluding steroid dienone is 3. The van der Waals surface area contributed by atoms with Crippen LogP contribution in [-0.4, -0.2) is 12.1 Å². The van der Waals surface area contributed by atoms with Crippen molar-refractivity contribution in [2.75, 3.05) is 0 Å². The zero-order valence-electron chi connectivity index (χ0n) is 12.4. The molecule has 0 amide bonds. The van der Waals surface area contributed by atoms with Crippen molar-refractivity contribution < 1.29 is 9.53 Å². The van der Waals surface area contributed by atoms with E-state index < -0.39 is 0 Å². The summed E-state index contributed by atoms with van der Waals surface area (Å²) in [4.78, 5) is 11.3. The lowest BCUT2D eigenvalue weighted by Crippen LogP contribution is -2.41. The number of carbonyl (C=O) groups is 1. The van der Waals surface area contributed by atoms with Crippen molar-refractivity contribution in [2.45, 2.75) is 59.0 Å². The Labute approximate surface area is 116 Å². The highest BCUT2D eigenvalue weighted by Gasteiger charge is 2.49. The highest BCUT2D eigenvalue weighted by atomic mass is 16.5. The average molecular weight is 262 g/mol. The van der Waals surface area contributed by atoms with Crippen LogP contribution >= 0.6 is 0 Å². The van der Waals surface area contributed by atoms with Gasteiger partial charge in [0.15, 0.2) is 0 Å². The Balaban J connectivity index is 2.17. The second-order valence-corrected chi connectivity index (χ2v) is 6.38. The van der Waals surface area contributed by atoms with Crippen LogP contribution in [0, 0.1) is 17.3 Å². The van der Waals surface area contributed by atoms with E-state index >= 15 is 0 Å². The summed E-state index contributed by atoms with van der Waals surface area (Å²) >= 11 is 0. The average Bonchev–Trinajstić information content (AvgIpc) is 2.67. The van der Waals surface area contributed by atoms with Crippen LogP contribution in [-0.2, 0) is 9.53 Å². The number of hydrogen-bond donors (Lipinski definition) is 0. The minimum Gasteiger partial charge on any atom is -0.462 e. The van der Waals surface area contributed by atoms with Gasteiger partial charge in [-0.25, -0.2) is 0 Å². The molecule has 2 rings (SSSR count). The summed E-state index contributed by atoms with van der Waals surface area (Å²) in [7, 11) is 0. The highest BCUT2D eigenvalue weighted by molar-refractivity contribution is 5.66. The molecule has 2 nitrogen and oxygen atoms in total. The van der Waals surface area contributed by atoms with Crippen LogP contribution in [0.2, 0.25) is 0 Å². The SMILES string of the molecule is C=CC[C@H](C)C1=CCC2[C@@H](OC(C)=O)CCC[C@]12C. The van der Waals surface area contributed by atoms with Gasteiger partial charge in [0, 0.05) is 12.8 Å². The lowest BCUT2D eigenvalue weighted by molar-refractivity contribution is -0.153. The molecule has 0 radical (unpaired) electrons. The molecule has 0 spiro atoms. The lowest BCUT2D eigenvalue weighted by Gasteiger charge is -2.44. The van der Waals surface area contributed by atoms with Gasteiger partial charge in [0.1, 0.15) is 6.10 Å². The maximum absolute atomic E-state index is 11.3. The molecule has 1 saturated carbocycles. The van der Waals surface area contributed by atoms with Gasteiger partial charge in [0.25, 0.3) is 0 Å². The summed E-state index contributed by atoms with van der Waals surface area (Å²) < 4.78 is 5.57. The molecular weight excluding hydrogens is 236 g/mol. The second kappa shape index (κ2) is 5.52. The summed E-state index contributed by atoms with van der Waals surface area (Å²) in [6, 6.07) is 0. The zero-order valence-corrected chi connectivity index (χ0v) is 12.4. The number of rotatable bonds is 4. The highest BCUT2D eigenvalue weighted by Crippen LogP contribution is 2.55. The first-order valence-corrected chi connectivity index (χ1v) is 7.47. The molecule has 0 aromatic carbocycles. The van der Waals surface area contributed by atoms with Crippen LogP contribution in [0.25, 0.3) is 0 Å². The molecule has 0 aliphatic heterocycles. The number of carbonyl (C=O) groups excluding carboxylic acids is 1. The van der Waals surface area contributed by atoms with E-state index in [0.29, 0.717) is 11.8 Å². The van der Waals surface area contributed by atoms with E-state index in [1.54, 1.807) is 5.57 Å². The molecule has 0 saturated heterocycles. The normalized spacial score (nSPS) is 35.2. The van der Waals surface area contributed by atoms with E-state index in [1.165, 1.54) is 13.3 Å². The van der Waals surface area contributed by atoms with Crippen molar-refractivity contribution in [3.8, 4) is 0 Å². The van der Waals surface area contributed by atoms with Crippen molar-refractivity contribution in [3.05, 3.63) is 24.3 Å². The molecule has 0 N–H and O–H groups in total. The predicted octanol–water partition coefficient (Wildman–Crippen LogP) is 4.27. The molecule has 0 aromatic heterocycles. The van der Waals surface area contributed by atoms with Crippen molar-refractivity contribution >= 4 is 5.97 Å². The maximum atomic E-state index is 11.3. The van der Waals surface area contributed by atoms with Crippen molar-refractivity contribution in [1.29, 1.82) is 0 Å². The number of ether oxygens (including phenoxy) is 1. The minimum atomic E-state index is -0.137. The molecule has 0 bridgehead atoms. The van der Waals surface area contributed by atoms with Crippen LogP contribution in [0.15, 0.2) is 24.3 Å². The third kappa shape index (κ3) is 2.63. The summed E-state index contributed by atoms with van der Waals surface area (Å²) in [6.45, 7) is 10.0. The molecule has 4 atom stereocenters. The monoisotopic (exact) mass is 262 g/mol. The summed E-state index contributed by atoms with van der Waals surface area (Å²) in [5.41, 5.74) is 1.79. The first-order chi connectivity index (χ1) is 8.99. The van der Waals surface area contributed by atoms with Gasteiger partial charge in [-0.05, 0) is 43.4 Å². The van der Waals surface area contributed by atoms with Crippen LogP contribution in [0.1, 0.15) is 52.9 Å². The quantitative estimate of drug-likeness (QED) is 0.559. The molecule has 2 aliphatic rings. The van der Waals surface area contributed by atoms with Gasteiger partial charge in [-0.3, -0.25) is 4.79 Å². The zero-order chi connectivity index (χ0) is 14.0. The first kappa shape index (κ1) is 14.4. The van der Waals surface area contributed by atoms with Gasteiger partial charge in [0.2, 0.25) is 0 Å². The number of esters is 1. The fourth-order valence-electron chi connectivity index (χ4n) is 4.22. The van der Waals surface area contributed by atoms with Crippen LogP contribution in [0.3, 0.4) is 0 Å². The van der Waals surface area contributed by atoms with Crippen molar-refractivity contribution in [2.24, 2.45) is 17.3 Å². The molecular formula is C17H26O2. The van der Waals surface area contributed by atoms with Crippen LogP contribution < -0.4 is 0 Å². The molecule has 106 valence electrons. The Morgan fingerprint density at radius 3 is 3.05 bits per heavy atom. The molecule has 19 heavy (non-hydrogen) atoms. The lowest BCUT2D eigenvalue weighted by atomic mass is 9.63. The molecule has 0 aromatic rings. The fourth-order valence-corrected chi connectivity index (χ4v) is 4.22. The van der Waals surface area contributed by atoms with E-state index in [9.17, 15) is 4.79 Å². The van der Waals surface area contributed by atoms with Gasteiger partial charge in [0.05, 0.1) is 0 Å². The third-order valence-electron chi connectivity index (χ3n) is 5.07. The molecule has 2 aliphatic carbocycles. The standard InChI is InChI=1S/C17H26O2/c1-5-7-12(2)14-9-10-15-16(19-13(3)18)8-6-11-17(14,15)4/h5,9,12,15-16H,1,6-8,10-11H2,2-4H3/t12-,15?,16-,17+/m0/s1. The van der Waals surface area contributed by atoms with Gasteiger partial charge >= 0.3 is 5.97 Å². The van der Waals surface area contributed by atoms with Gasteiger partial charge in [-0.15, -0.1) is 6.58 Å². The molecule has 0 heterocycles. The topological polar surface area (TPSA) is 26.3 Å². The van der Waals surface area contributed by atoms with Gasteiger partial charge in [-0.1, -0.05) is 31.6 Å². The van der Waals surface area contributed by atoms with E-state index in [4.69, 9.17) is 4.74 Å². The second-order valence-electron chi connectivity index (χ2n) is 6.38. The number of fused-ring (bicyclic) bond motifs is 1. The van der Waals surface area contributed by atoms with Gasteiger partial charge in [-0.2, -0.15) is 0 Å². The largest absolute Gasteiger partial charge is 0.462 e. The smallest absolute Gasteiger partial charge is 0.302 e. The maximum Gasteiger partial charge on any atom is 0.302 e. The molecule has 2 heteroatoms. The number of hydrogen-bond acceptors (Lipinski definition) is 2. The Hall–Kier alpha value is -1.05. The molecule has 1 unspecified atom stereocenters. The Kier molecular flexibility index (Phi) is 4.17. The Morgan fingerprint density at radius 2 is 2.42 bits per heavy atom. The van der Waals surface area contributed by atoms with Crippen LogP contribution in [0.5, 0.6) is 0 Å². The third-order valence-corrected chi connectivity index (χ3v) is 5.07. The van der Waals surface area contributed by atoms with E-state index in [-0.39, 0.29) is 17.5 Å². The predicted molar refractivity (Wildman–Crippen MR) is 77.7 cm³/mol. The fraction of sp³-hybridized carbons (Fsp3) is 0.706. The van der Waals surface area contributed by atoms with E-state index in [0.717, 1.165) is 25.7 Å². The van der Waals surface area contributed by atoms with Crippen LogP contribution in [0.4, 0.5) is 0 Å². The summed E-state index contributed by atoms with van der Waals surface area (Å²) in [5.74, 6) is 0.901. The Bertz CT molecular complexity index is 396. The van der Waals surface area contributed by atoms with Crippen molar-refractivity contribution in [3.63, 3.8) is 0 Å². The van der Waals surface area contributed by atoms with Gasteiger partial charge < -0.3 is 4.74 Å². The van der Waals surface area contributed by atoms with Crippen molar-refractivity contribution in [1.82, 2.24) is 0 Å². The Morgan fingerprint density at radius 1 is 1.68 bits per heavy atom. The minimum absolute atomic E-state index is 0.112.